The van der Waals surface area contributed by atoms with Crippen LogP contribution in [0.3, 0.4) is 0 Å². The predicted molar refractivity (Wildman–Crippen MR) is 139 cm³/mol. The molecule has 0 saturated heterocycles. The third-order valence-electron chi connectivity index (χ3n) is 6.76. The third-order valence-corrected chi connectivity index (χ3v) is 6.76. The van der Waals surface area contributed by atoms with Gasteiger partial charge in [0.15, 0.2) is 0 Å². The van der Waals surface area contributed by atoms with E-state index < -0.39 is 0 Å². The zero-order valence-electron chi connectivity index (χ0n) is 19.7. The van der Waals surface area contributed by atoms with Crippen LogP contribution in [0, 0.1) is 13.8 Å². The Bertz CT molecular complexity index is 951. The maximum absolute atomic E-state index is 4.68. The fourth-order valence-corrected chi connectivity index (χ4v) is 4.76. The van der Waals surface area contributed by atoms with Crippen molar-refractivity contribution in [3.05, 3.63) is 82.0 Å². The SMILES string of the molecule is Cc1cc(CCc2ccc(N=CC=C3CCCC3)c(C)c2)ccc1N=CC=C1CCCC1. The van der Waals surface area contributed by atoms with Crippen molar-refractivity contribution in [1.82, 2.24) is 0 Å². The van der Waals surface area contributed by atoms with E-state index in [4.69, 9.17) is 0 Å². The molecule has 0 aliphatic heterocycles. The average molecular weight is 425 g/mol. The van der Waals surface area contributed by atoms with Gasteiger partial charge in [0.05, 0.1) is 11.4 Å². The van der Waals surface area contributed by atoms with E-state index in [2.05, 4.69) is 72.4 Å². The van der Waals surface area contributed by atoms with Gasteiger partial charge < -0.3 is 0 Å². The highest BCUT2D eigenvalue weighted by molar-refractivity contribution is 5.76. The molecule has 2 saturated carbocycles. The molecular formula is C30H36N2. The zero-order valence-corrected chi connectivity index (χ0v) is 19.7. The summed E-state index contributed by atoms with van der Waals surface area (Å²) in [7, 11) is 0. The van der Waals surface area contributed by atoms with Gasteiger partial charge in [0.2, 0.25) is 0 Å². The summed E-state index contributed by atoms with van der Waals surface area (Å²) < 4.78 is 0. The van der Waals surface area contributed by atoms with E-state index in [9.17, 15) is 0 Å². The molecule has 2 aromatic rings. The third kappa shape index (κ3) is 6.38. The largest absolute Gasteiger partial charge is 0.257 e. The molecule has 2 aliphatic carbocycles. The van der Waals surface area contributed by atoms with Gasteiger partial charge in [0.25, 0.3) is 0 Å². The number of allylic oxidation sites excluding steroid dienone is 4. The van der Waals surface area contributed by atoms with Crippen molar-refractivity contribution in [1.29, 1.82) is 0 Å². The van der Waals surface area contributed by atoms with Crippen molar-refractivity contribution in [2.75, 3.05) is 0 Å². The molecule has 166 valence electrons. The molecule has 4 rings (SSSR count). The lowest BCUT2D eigenvalue weighted by molar-refractivity contribution is 0.886. The summed E-state index contributed by atoms with van der Waals surface area (Å²) in [5, 5.41) is 0. The summed E-state index contributed by atoms with van der Waals surface area (Å²) >= 11 is 0. The smallest absolute Gasteiger partial charge is 0.0658 e. The van der Waals surface area contributed by atoms with E-state index in [1.54, 1.807) is 11.1 Å². The molecular weight excluding hydrogens is 388 g/mol. The molecule has 2 aliphatic rings. The molecule has 0 heterocycles. The summed E-state index contributed by atoms with van der Waals surface area (Å²) in [4.78, 5) is 9.36. The van der Waals surface area contributed by atoms with E-state index in [-0.39, 0.29) is 0 Å². The molecule has 32 heavy (non-hydrogen) atoms. The number of benzene rings is 2. The maximum atomic E-state index is 4.68. The number of hydrogen-bond acceptors (Lipinski definition) is 2. The fourth-order valence-electron chi connectivity index (χ4n) is 4.76. The Labute approximate surface area is 193 Å². The predicted octanol–water partition coefficient (Wildman–Crippen LogP) is 8.49. The first-order valence-corrected chi connectivity index (χ1v) is 12.3. The molecule has 0 unspecified atom stereocenters. The Morgan fingerprint density at radius 3 is 1.41 bits per heavy atom. The summed E-state index contributed by atoms with van der Waals surface area (Å²) in [6.07, 6.45) is 20.8. The van der Waals surface area contributed by atoms with Crippen LogP contribution in [0.1, 0.15) is 73.6 Å². The number of rotatable bonds is 7. The van der Waals surface area contributed by atoms with Gasteiger partial charge in [-0.15, -0.1) is 0 Å². The summed E-state index contributed by atoms with van der Waals surface area (Å²) in [6.45, 7) is 4.33. The lowest BCUT2D eigenvalue weighted by Gasteiger charge is -2.08. The van der Waals surface area contributed by atoms with Crippen LogP contribution >= 0.6 is 0 Å². The summed E-state index contributed by atoms with van der Waals surface area (Å²) in [5.41, 5.74) is 10.5. The number of aliphatic imine (C=N–C) groups is 2. The molecule has 2 aromatic carbocycles. The van der Waals surface area contributed by atoms with Crippen LogP contribution in [-0.2, 0) is 12.8 Å². The van der Waals surface area contributed by atoms with Gasteiger partial charge in [0.1, 0.15) is 0 Å². The van der Waals surface area contributed by atoms with Gasteiger partial charge in [-0.2, -0.15) is 0 Å². The van der Waals surface area contributed by atoms with E-state index in [0.717, 1.165) is 24.2 Å². The standard InChI is InChI=1S/C30H36N2/c1-23-21-27(13-15-29(23)31-19-17-25-7-3-4-8-25)11-12-28-14-16-30(24(2)22-28)32-20-18-26-9-5-6-10-26/h13-22H,3-12H2,1-2H3. The second kappa shape index (κ2) is 11.2. The monoisotopic (exact) mass is 424 g/mol. The first-order valence-electron chi connectivity index (χ1n) is 12.3. The van der Waals surface area contributed by atoms with Crippen LogP contribution in [0.25, 0.3) is 0 Å². The van der Waals surface area contributed by atoms with Crippen molar-refractivity contribution in [3.63, 3.8) is 0 Å². The lowest BCUT2D eigenvalue weighted by Crippen LogP contribution is -1.93. The molecule has 0 spiro atoms. The van der Waals surface area contributed by atoms with Crippen molar-refractivity contribution < 1.29 is 0 Å². The van der Waals surface area contributed by atoms with Crippen molar-refractivity contribution in [3.8, 4) is 0 Å². The van der Waals surface area contributed by atoms with E-state index in [1.807, 2.05) is 12.4 Å². The highest BCUT2D eigenvalue weighted by atomic mass is 14.7. The fraction of sp³-hybridized carbons (Fsp3) is 0.400. The molecule has 0 atom stereocenters. The number of nitrogens with zero attached hydrogens (tertiary/aromatic N) is 2. The van der Waals surface area contributed by atoms with E-state index in [1.165, 1.54) is 73.6 Å². The van der Waals surface area contributed by atoms with Crippen molar-refractivity contribution in [2.45, 2.75) is 78.1 Å². The second-order valence-corrected chi connectivity index (χ2v) is 9.36. The quantitative estimate of drug-likeness (QED) is 0.398. The van der Waals surface area contributed by atoms with Gasteiger partial charge in [-0.1, -0.05) is 35.4 Å². The van der Waals surface area contributed by atoms with Crippen LogP contribution < -0.4 is 0 Å². The Morgan fingerprint density at radius 2 is 1.03 bits per heavy atom. The maximum Gasteiger partial charge on any atom is 0.0658 e. The van der Waals surface area contributed by atoms with Crippen LogP contribution in [0.15, 0.2) is 69.7 Å². The molecule has 0 aromatic heterocycles. The van der Waals surface area contributed by atoms with Crippen molar-refractivity contribution >= 4 is 23.8 Å². The van der Waals surface area contributed by atoms with Crippen LogP contribution in [0.2, 0.25) is 0 Å². The minimum atomic E-state index is 1.04. The van der Waals surface area contributed by atoms with Crippen LogP contribution in [-0.4, -0.2) is 12.4 Å². The van der Waals surface area contributed by atoms with Gasteiger partial charge >= 0.3 is 0 Å². The van der Waals surface area contributed by atoms with E-state index in [0.29, 0.717) is 0 Å². The lowest BCUT2D eigenvalue weighted by atomic mass is 10.0. The molecule has 0 bridgehead atoms. The number of aryl methyl sites for hydroxylation is 4. The van der Waals surface area contributed by atoms with Crippen LogP contribution in [0.5, 0.6) is 0 Å². The highest BCUT2D eigenvalue weighted by Crippen LogP contribution is 2.26. The van der Waals surface area contributed by atoms with Gasteiger partial charge in [-0.3, -0.25) is 9.98 Å². The Hall–Kier alpha value is -2.74. The first-order chi connectivity index (χ1) is 15.7. The Kier molecular flexibility index (Phi) is 7.87. The molecule has 2 nitrogen and oxygen atoms in total. The van der Waals surface area contributed by atoms with Crippen LogP contribution in [0.4, 0.5) is 11.4 Å². The first kappa shape index (κ1) is 22.5. The minimum Gasteiger partial charge on any atom is -0.257 e. The second-order valence-electron chi connectivity index (χ2n) is 9.36. The zero-order chi connectivity index (χ0) is 22.2. The highest BCUT2D eigenvalue weighted by Gasteiger charge is 2.06. The Morgan fingerprint density at radius 1 is 0.625 bits per heavy atom. The van der Waals surface area contributed by atoms with Gasteiger partial charge in [-0.05, 0) is 125 Å². The molecule has 0 amide bonds. The number of hydrogen-bond donors (Lipinski definition) is 0. The molecule has 2 fully saturated rings. The Balaban J connectivity index is 1.32. The normalized spacial score (nSPS) is 16.6. The van der Waals surface area contributed by atoms with E-state index >= 15 is 0 Å². The summed E-state index contributed by atoms with van der Waals surface area (Å²) in [5.74, 6) is 0. The average Bonchev–Trinajstić information content (AvgIpc) is 3.49. The molecule has 0 radical (unpaired) electrons. The van der Waals surface area contributed by atoms with Gasteiger partial charge in [-0.25, -0.2) is 0 Å². The molecule has 0 N–H and O–H groups in total. The minimum absolute atomic E-state index is 1.04. The topological polar surface area (TPSA) is 24.7 Å². The van der Waals surface area contributed by atoms with Gasteiger partial charge in [0, 0.05) is 12.4 Å². The summed E-state index contributed by atoms with van der Waals surface area (Å²) in [6, 6.07) is 13.4. The molecule has 2 heteroatoms. The van der Waals surface area contributed by atoms with Crippen molar-refractivity contribution in [2.24, 2.45) is 9.98 Å².